The second-order valence-electron chi connectivity index (χ2n) is 3.05. The van der Waals surface area contributed by atoms with Crippen molar-refractivity contribution in [2.45, 2.75) is 13.3 Å². The lowest BCUT2D eigenvalue weighted by Crippen LogP contribution is -2.19. The van der Waals surface area contributed by atoms with Crippen LogP contribution in [0.15, 0.2) is 6.20 Å². The number of carbonyl (C=O) groups is 1. The molecule has 0 fully saturated rings. The molecule has 0 saturated carbocycles. The van der Waals surface area contributed by atoms with Crippen LogP contribution in [0.4, 0.5) is 18.9 Å². The van der Waals surface area contributed by atoms with Gasteiger partial charge in [0.1, 0.15) is 0 Å². The van der Waals surface area contributed by atoms with Crippen molar-refractivity contribution in [1.29, 1.82) is 0 Å². The monoisotopic (exact) mass is 284 g/mol. The maximum Gasteiger partial charge on any atom is 0.573 e. The molecule has 1 aromatic rings. The van der Waals surface area contributed by atoms with Crippen LogP contribution in [0, 0.1) is 17.0 Å². The van der Waals surface area contributed by atoms with Crippen molar-refractivity contribution in [2.75, 3.05) is 0 Å². The first-order valence-corrected chi connectivity index (χ1v) is 4.61. The number of ether oxygens (including phenoxy) is 1. The number of halogens is 4. The minimum atomic E-state index is -5.14. The summed E-state index contributed by atoms with van der Waals surface area (Å²) in [5.74, 6) is -1.11. The van der Waals surface area contributed by atoms with Crippen molar-refractivity contribution < 1.29 is 27.6 Å². The molecule has 0 N–H and O–H groups in total. The van der Waals surface area contributed by atoms with Crippen molar-refractivity contribution >= 4 is 22.5 Å². The van der Waals surface area contributed by atoms with E-state index in [0.29, 0.717) is 0 Å². The Balaban J connectivity index is 3.51. The van der Waals surface area contributed by atoms with Gasteiger partial charge in [-0.25, -0.2) is 4.98 Å². The number of carbonyl (C=O) groups excluding carboxylic acids is 1. The Morgan fingerprint density at radius 2 is 2.11 bits per heavy atom. The van der Waals surface area contributed by atoms with Crippen LogP contribution in [0.25, 0.3) is 0 Å². The minimum Gasteiger partial charge on any atom is -0.398 e. The van der Waals surface area contributed by atoms with Gasteiger partial charge in [0, 0.05) is 11.8 Å². The van der Waals surface area contributed by atoms with Crippen molar-refractivity contribution in [3.05, 3.63) is 27.6 Å². The number of nitro groups is 1. The molecule has 18 heavy (non-hydrogen) atoms. The second kappa shape index (κ2) is 4.77. The second-order valence-corrected chi connectivity index (χ2v) is 3.39. The molecule has 0 spiro atoms. The van der Waals surface area contributed by atoms with E-state index in [1.165, 1.54) is 0 Å². The average Bonchev–Trinajstić information content (AvgIpc) is 2.17. The number of aryl methyl sites for hydroxylation is 1. The average molecular weight is 285 g/mol. The maximum atomic E-state index is 12.1. The first-order chi connectivity index (χ1) is 8.13. The highest BCUT2D eigenvalue weighted by Crippen LogP contribution is 2.37. The highest BCUT2D eigenvalue weighted by molar-refractivity contribution is 6.67. The number of aromatic nitrogens is 1. The molecule has 1 rings (SSSR count). The van der Waals surface area contributed by atoms with Crippen LogP contribution in [-0.4, -0.2) is 21.5 Å². The van der Waals surface area contributed by atoms with Crippen molar-refractivity contribution in [1.82, 2.24) is 4.98 Å². The molecule has 6 nitrogen and oxygen atoms in total. The number of hydrogen-bond donors (Lipinski definition) is 0. The van der Waals surface area contributed by atoms with Crippen LogP contribution in [0.1, 0.15) is 16.1 Å². The zero-order valence-corrected chi connectivity index (χ0v) is 9.37. The van der Waals surface area contributed by atoms with Crippen LogP contribution >= 0.6 is 11.6 Å². The van der Waals surface area contributed by atoms with E-state index in [0.717, 1.165) is 13.1 Å². The largest absolute Gasteiger partial charge is 0.573 e. The van der Waals surface area contributed by atoms with Crippen LogP contribution in [-0.2, 0) is 0 Å². The van der Waals surface area contributed by atoms with E-state index in [1.54, 1.807) is 0 Å². The van der Waals surface area contributed by atoms with Gasteiger partial charge in [0.25, 0.3) is 5.24 Å². The summed E-state index contributed by atoms with van der Waals surface area (Å²) in [5, 5.41) is 9.34. The zero-order chi connectivity index (χ0) is 14.1. The third-order valence-corrected chi connectivity index (χ3v) is 1.95. The fraction of sp³-hybridized carbons (Fsp3) is 0.250. The van der Waals surface area contributed by atoms with Gasteiger partial charge in [-0.1, -0.05) is 0 Å². The van der Waals surface area contributed by atoms with Crippen LogP contribution < -0.4 is 4.74 Å². The van der Waals surface area contributed by atoms with E-state index in [2.05, 4.69) is 9.72 Å². The summed E-state index contributed by atoms with van der Waals surface area (Å²) in [6.07, 6.45) is -4.31. The fourth-order valence-electron chi connectivity index (χ4n) is 1.13. The number of hydrogen-bond acceptors (Lipinski definition) is 5. The molecule has 0 bridgehead atoms. The topological polar surface area (TPSA) is 82.3 Å². The van der Waals surface area contributed by atoms with Gasteiger partial charge in [0.2, 0.25) is 11.4 Å². The molecule has 0 aromatic carbocycles. The van der Waals surface area contributed by atoms with Crippen molar-refractivity contribution in [3.63, 3.8) is 0 Å². The van der Waals surface area contributed by atoms with Crippen LogP contribution in [0.5, 0.6) is 5.75 Å². The van der Waals surface area contributed by atoms with Gasteiger partial charge in [-0.05, 0) is 18.5 Å². The number of alkyl halides is 3. The summed E-state index contributed by atoms with van der Waals surface area (Å²) in [4.78, 5) is 23.7. The summed E-state index contributed by atoms with van der Waals surface area (Å²) in [6.45, 7) is 1.11. The lowest BCUT2D eigenvalue weighted by atomic mass is 10.2. The zero-order valence-electron chi connectivity index (χ0n) is 8.62. The predicted octanol–water partition coefficient (Wildman–Crippen LogP) is 2.58. The van der Waals surface area contributed by atoms with Gasteiger partial charge in [-0.2, -0.15) is 0 Å². The molecule has 0 aliphatic heterocycles. The third-order valence-electron chi connectivity index (χ3n) is 1.77. The Bertz CT molecular complexity index is 518. The lowest BCUT2D eigenvalue weighted by Gasteiger charge is -2.11. The number of nitrogens with zero attached hydrogens (tertiary/aromatic N) is 2. The molecule has 98 valence electrons. The number of pyridine rings is 1. The molecule has 1 heterocycles. The predicted molar refractivity (Wildman–Crippen MR) is 52.5 cm³/mol. The summed E-state index contributed by atoms with van der Waals surface area (Å²) in [5.41, 5.74) is -2.38. The molecular weight excluding hydrogens is 281 g/mol. The van der Waals surface area contributed by atoms with Gasteiger partial charge >= 0.3 is 12.0 Å². The molecule has 0 aliphatic carbocycles. The van der Waals surface area contributed by atoms with Gasteiger partial charge < -0.3 is 4.74 Å². The molecule has 0 saturated heterocycles. The van der Waals surface area contributed by atoms with Gasteiger partial charge in [0.15, 0.2) is 0 Å². The normalized spacial score (nSPS) is 11.2. The van der Waals surface area contributed by atoms with E-state index in [1.807, 2.05) is 0 Å². The first kappa shape index (κ1) is 14.2. The first-order valence-electron chi connectivity index (χ1n) is 4.23. The molecule has 0 atom stereocenters. The van der Waals surface area contributed by atoms with E-state index in [-0.39, 0.29) is 5.56 Å². The summed E-state index contributed by atoms with van der Waals surface area (Å²) < 4.78 is 39.9. The SMILES string of the molecule is Cc1cnc(C(=O)Cl)c([N+](=O)[O-])c1OC(F)(F)F. The van der Waals surface area contributed by atoms with Crippen molar-refractivity contribution in [2.24, 2.45) is 0 Å². The Labute approximate surface area is 102 Å². The van der Waals surface area contributed by atoms with Gasteiger partial charge in [-0.3, -0.25) is 14.9 Å². The highest BCUT2D eigenvalue weighted by Gasteiger charge is 2.38. The lowest BCUT2D eigenvalue weighted by molar-refractivity contribution is -0.389. The van der Waals surface area contributed by atoms with E-state index >= 15 is 0 Å². The van der Waals surface area contributed by atoms with Gasteiger partial charge in [0.05, 0.1) is 4.92 Å². The smallest absolute Gasteiger partial charge is 0.398 e. The maximum absolute atomic E-state index is 12.1. The fourth-order valence-corrected chi connectivity index (χ4v) is 1.27. The Hall–Kier alpha value is -1.90. The molecule has 0 amide bonds. The van der Waals surface area contributed by atoms with E-state index < -0.39 is 33.7 Å². The van der Waals surface area contributed by atoms with Crippen molar-refractivity contribution in [3.8, 4) is 5.75 Å². The third kappa shape index (κ3) is 3.06. The minimum absolute atomic E-state index is 0.249. The molecular formula is C8H4ClF3N2O4. The Morgan fingerprint density at radius 3 is 2.50 bits per heavy atom. The molecule has 10 heteroatoms. The number of rotatable bonds is 3. The standard InChI is InChI=1S/C8H4ClF3N2O4/c1-3-2-13-4(7(9)15)5(14(16)17)6(3)18-8(10,11)12/h2H,1H3. The summed E-state index contributed by atoms with van der Waals surface area (Å²) >= 11 is 5.01. The molecule has 0 aliphatic rings. The Morgan fingerprint density at radius 1 is 1.56 bits per heavy atom. The quantitative estimate of drug-likeness (QED) is 0.484. The molecule has 0 unspecified atom stereocenters. The van der Waals surface area contributed by atoms with E-state index in [9.17, 15) is 28.1 Å². The summed E-state index contributed by atoms with van der Waals surface area (Å²) in [6, 6.07) is 0. The van der Waals surface area contributed by atoms with Crippen LogP contribution in [0.2, 0.25) is 0 Å². The highest BCUT2D eigenvalue weighted by atomic mass is 35.5. The van der Waals surface area contributed by atoms with Crippen LogP contribution in [0.3, 0.4) is 0 Å². The Kier molecular flexibility index (Phi) is 3.75. The summed E-state index contributed by atoms with van der Waals surface area (Å²) in [7, 11) is 0. The molecule has 0 radical (unpaired) electrons. The molecule has 1 aromatic heterocycles. The van der Waals surface area contributed by atoms with E-state index in [4.69, 9.17) is 11.6 Å². The van der Waals surface area contributed by atoms with Gasteiger partial charge in [-0.15, -0.1) is 13.2 Å².